The second-order valence-electron chi connectivity index (χ2n) is 7.36. The molecule has 1 aliphatic carbocycles. The summed E-state index contributed by atoms with van der Waals surface area (Å²) in [5, 5.41) is 3.01. The Kier molecular flexibility index (Phi) is 6.24. The highest BCUT2D eigenvalue weighted by molar-refractivity contribution is 7.89. The van der Waals surface area contributed by atoms with Gasteiger partial charge in [-0.25, -0.2) is 13.1 Å². The normalized spacial score (nSPS) is 17.3. The lowest BCUT2D eigenvalue weighted by molar-refractivity contribution is -0.123. The largest absolute Gasteiger partial charge is 0.349 e. The Balaban J connectivity index is 1.90. The summed E-state index contributed by atoms with van der Waals surface area (Å²) in [7, 11) is -3.43. The fraction of sp³-hybridized carbons (Fsp3) is 0.611. The molecule has 2 rings (SSSR count). The Labute approximate surface area is 150 Å². The van der Waals surface area contributed by atoms with E-state index in [-0.39, 0.29) is 22.8 Å². The molecular formula is C18H29N3O3S. The summed E-state index contributed by atoms with van der Waals surface area (Å²) in [6.07, 6.45) is 2.71. The first-order chi connectivity index (χ1) is 11.7. The third kappa shape index (κ3) is 5.52. The monoisotopic (exact) mass is 367 g/mol. The van der Waals surface area contributed by atoms with Crippen molar-refractivity contribution in [2.45, 2.75) is 62.9 Å². The van der Waals surface area contributed by atoms with Gasteiger partial charge in [-0.1, -0.05) is 26.0 Å². The van der Waals surface area contributed by atoms with E-state index in [0.29, 0.717) is 19.4 Å². The molecule has 1 aromatic carbocycles. The van der Waals surface area contributed by atoms with Crippen molar-refractivity contribution in [1.82, 2.24) is 10.0 Å². The molecule has 0 saturated heterocycles. The van der Waals surface area contributed by atoms with Crippen molar-refractivity contribution in [2.24, 2.45) is 11.7 Å². The number of carbonyl (C=O) groups excluding carboxylic acids is 1. The van der Waals surface area contributed by atoms with Crippen molar-refractivity contribution >= 4 is 15.9 Å². The van der Waals surface area contributed by atoms with Crippen molar-refractivity contribution in [3.63, 3.8) is 0 Å². The Bertz CT molecular complexity index is 697. The molecule has 1 fully saturated rings. The lowest BCUT2D eigenvalue weighted by Crippen LogP contribution is -2.55. The van der Waals surface area contributed by atoms with Gasteiger partial charge >= 0.3 is 0 Å². The molecule has 4 N–H and O–H groups in total. The fourth-order valence-corrected chi connectivity index (χ4v) is 3.70. The van der Waals surface area contributed by atoms with Crippen LogP contribution in [0.5, 0.6) is 0 Å². The van der Waals surface area contributed by atoms with Crippen LogP contribution in [0.25, 0.3) is 0 Å². The van der Waals surface area contributed by atoms with E-state index < -0.39 is 15.6 Å². The molecule has 0 aliphatic heterocycles. The summed E-state index contributed by atoms with van der Waals surface area (Å²) in [4.78, 5) is 12.4. The van der Waals surface area contributed by atoms with Gasteiger partial charge in [0.25, 0.3) is 0 Å². The molecule has 1 aromatic rings. The molecule has 1 saturated carbocycles. The van der Waals surface area contributed by atoms with Gasteiger partial charge in [0, 0.05) is 19.0 Å². The number of hydrogen-bond donors (Lipinski definition) is 3. The highest BCUT2D eigenvalue weighted by atomic mass is 32.2. The number of nitrogens with two attached hydrogens (primary N) is 1. The maximum atomic E-state index is 12.2. The third-order valence-electron chi connectivity index (χ3n) is 4.90. The van der Waals surface area contributed by atoms with Gasteiger partial charge in [-0.3, -0.25) is 4.79 Å². The summed E-state index contributed by atoms with van der Waals surface area (Å²) in [5.74, 6) is 0.193. The zero-order valence-electron chi connectivity index (χ0n) is 15.2. The average Bonchev–Trinajstić information content (AvgIpc) is 3.36. The summed E-state index contributed by atoms with van der Waals surface area (Å²) in [5.41, 5.74) is 6.30. The molecule has 1 unspecified atom stereocenters. The van der Waals surface area contributed by atoms with E-state index >= 15 is 0 Å². The van der Waals surface area contributed by atoms with E-state index in [0.717, 1.165) is 18.4 Å². The smallest absolute Gasteiger partial charge is 0.240 e. The number of sulfonamides is 1. The van der Waals surface area contributed by atoms with Crippen molar-refractivity contribution < 1.29 is 13.2 Å². The van der Waals surface area contributed by atoms with Crippen LogP contribution in [-0.4, -0.2) is 32.5 Å². The van der Waals surface area contributed by atoms with Gasteiger partial charge < -0.3 is 11.1 Å². The number of carbonyl (C=O) groups is 1. The molecule has 1 aliphatic rings. The topological polar surface area (TPSA) is 101 Å². The zero-order valence-corrected chi connectivity index (χ0v) is 16.0. The minimum absolute atomic E-state index is 0.0475. The first-order valence-electron chi connectivity index (χ1n) is 8.78. The molecule has 0 bridgehead atoms. The van der Waals surface area contributed by atoms with E-state index in [1.807, 2.05) is 20.8 Å². The van der Waals surface area contributed by atoms with Crippen LogP contribution in [0.2, 0.25) is 0 Å². The molecule has 25 heavy (non-hydrogen) atoms. The summed E-state index contributed by atoms with van der Waals surface area (Å²) in [6, 6.07) is 6.80. The summed E-state index contributed by atoms with van der Waals surface area (Å²) >= 11 is 0. The third-order valence-corrected chi connectivity index (χ3v) is 6.43. The van der Waals surface area contributed by atoms with Crippen molar-refractivity contribution in [3.05, 3.63) is 29.8 Å². The van der Waals surface area contributed by atoms with Crippen LogP contribution >= 0.6 is 0 Å². The maximum Gasteiger partial charge on any atom is 0.240 e. The van der Waals surface area contributed by atoms with E-state index in [4.69, 9.17) is 5.73 Å². The number of nitrogens with one attached hydrogen (secondary N) is 2. The second-order valence-corrected chi connectivity index (χ2v) is 9.08. The summed E-state index contributed by atoms with van der Waals surface area (Å²) < 4.78 is 26.9. The highest BCUT2D eigenvalue weighted by Gasteiger charge is 2.29. The summed E-state index contributed by atoms with van der Waals surface area (Å²) in [6.45, 7) is 6.39. The predicted molar refractivity (Wildman–Crippen MR) is 98.5 cm³/mol. The minimum atomic E-state index is -3.43. The van der Waals surface area contributed by atoms with E-state index in [2.05, 4.69) is 10.0 Å². The van der Waals surface area contributed by atoms with Crippen LogP contribution in [0, 0.1) is 5.92 Å². The van der Waals surface area contributed by atoms with Crippen LogP contribution in [0.3, 0.4) is 0 Å². The molecule has 0 radical (unpaired) electrons. The van der Waals surface area contributed by atoms with E-state index in [1.54, 1.807) is 24.3 Å². The van der Waals surface area contributed by atoms with Crippen LogP contribution in [0.15, 0.2) is 29.2 Å². The fourth-order valence-electron chi connectivity index (χ4n) is 2.39. The SMILES string of the molecule is CC(C)C(C)(CN)NC(=O)CCc1ccc(S(=O)(=O)NC2CC2)cc1. The first-order valence-corrected chi connectivity index (χ1v) is 10.3. The lowest BCUT2D eigenvalue weighted by atomic mass is 9.88. The Hall–Kier alpha value is -1.44. The minimum Gasteiger partial charge on any atom is -0.349 e. The van der Waals surface area contributed by atoms with Gasteiger partial charge in [0.05, 0.1) is 10.4 Å². The van der Waals surface area contributed by atoms with E-state index in [1.165, 1.54) is 0 Å². The average molecular weight is 368 g/mol. The molecule has 7 heteroatoms. The van der Waals surface area contributed by atoms with Gasteiger partial charge in [0.15, 0.2) is 0 Å². The number of benzene rings is 1. The van der Waals surface area contributed by atoms with E-state index in [9.17, 15) is 13.2 Å². The van der Waals surface area contributed by atoms with Crippen LogP contribution < -0.4 is 15.8 Å². The number of rotatable bonds is 9. The quantitative estimate of drug-likeness (QED) is 0.616. The van der Waals surface area contributed by atoms with Gasteiger partial charge in [-0.15, -0.1) is 0 Å². The van der Waals surface area contributed by atoms with Crippen molar-refractivity contribution in [1.29, 1.82) is 0 Å². The molecule has 0 spiro atoms. The van der Waals surface area contributed by atoms with Crippen molar-refractivity contribution in [2.75, 3.05) is 6.54 Å². The lowest BCUT2D eigenvalue weighted by Gasteiger charge is -2.33. The molecule has 1 amide bonds. The van der Waals surface area contributed by atoms with Gasteiger partial charge in [0.2, 0.25) is 15.9 Å². The Morgan fingerprint density at radius 3 is 2.36 bits per heavy atom. The van der Waals surface area contributed by atoms with Gasteiger partial charge in [-0.05, 0) is 49.8 Å². The van der Waals surface area contributed by atoms with Crippen molar-refractivity contribution in [3.8, 4) is 0 Å². The number of hydrogen-bond acceptors (Lipinski definition) is 4. The number of amides is 1. The zero-order chi connectivity index (χ0) is 18.7. The standard InChI is InChI=1S/C18H29N3O3S/c1-13(2)18(3,12-19)20-17(22)11-6-14-4-9-16(10-5-14)25(23,24)21-15-7-8-15/h4-5,9-10,13,15,21H,6-8,11-12,19H2,1-3H3,(H,20,22). The maximum absolute atomic E-state index is 12.2. The van der Waals surface area contributed by atoms with Crippen LogP contribution in [0.1, 0.15) is 45.6 Å². The van der Waals surface area contributed by atoms with Crippen LogP contribution in [-0.2, 0) is 21.2 Å². The first kappa shape index (κ1) is 19.9. The van der Waals surface area contributed by atoms with Gasteiger partial charge in [-0.2, -0.15) is 0 Å². The molecular weight excluding hydrogens is 338 g/mol. The predicted octanol–water partition coefficient (Wildman–Crippen LogP) is 1.55. The molecule has 0 aromatic heterocycles. The second kappa shape index (κ2) is 7.85. The Morgan fingerprint density at radius 1 is 1.28 bits per heavy atom. The highest BCUT2D eigenvalue weighted by Crippen LogP contribution is 2.22. The number of aryl methyl sites for hydroxylation is 1. The molecule has 140 valence electrons. The van der Waals surface area contributed by atoms with Gasteiger partial charge in [0.1, 0.15) is 0 Å². The molecule has 1 atom stereocenters. The Morgan fingerprint density at radius 2 is 1.88 bits per heavy atom. The molecule has 6 nitrogen and oxygen atoms in total. The van der Waals surface area contributed by atoms with Crippen LogP contribution in [0.4, 0.5) is 0 Å². The molecule has 0 heterocycles.